The lowest BCUT2D eigenvalue weighted by atomic mass is 9.93. The monoisotopic (exact) mass is 333 g/mol. The van der Waals surface area contributed by atoms with E-state index in [2.05, 4.69) is 4.72 Å². The molecule has 1 aliphatic carbocycles. The van der Waals surface area contributed by atoms with Gasteiger partial charge in [-0.25, -0.2) is 13.1 Å². The number of nitrogens with one attached hydrogen (secondary N) is 1. The van der Waals surface area contributed by atoms with Crippen LogP contribution in [0.25, 0.3) is 0 Å². The molecule has 2 N–H and O–H groups in total. The Labute approximate surface area is 120 Å². The van der Waals surface area contributed by atoms with Crippen LogP contribution < -0.4 is 4.72 Å². The van der Waals surface area contributed by atoms with Crippen molar-refractivity contribution in [2.45, 2.75) is 50.4 Å². The Morgan fingerprint density at radius 1 is 1.33 bits per heavy atom. The van der Waals surface area contributed by atoms with Gasteiger partial charge < -0.3 is 9.84 Å². The maximum atomic E-state index is 12.1. The third-order valence-electron chi connectivity index (χ3n) is 3.04. The van der Waals surface area contributed by atoms with E-state index in [1.165, 1.54) is 0 Å². The second-order valence-electron chi connectivity index (χ2n) is 4.99. The van der Waals surface area contributed by atoms with Gasteiger partial charge in [0.15, 0.2) is 0 Å². The number of carboxylic acids is 1. The first-order valence-electron chi connectivity index (χ1n) is 6.47. The smallest absolute Gasteiger partial charge is 0.411 e. The van der Waals surface area contributed by atoms with Crippen LogP contribution >= 0.6 is 0 Å². The van der Waals surface area contributed by atoms with Crippen LogP contribution in [0.1, 0.15) is 32.1 Å². The molecule has 0 aromatic carbocycles. The number of ether oxygens (including phenoxy) is 1. The van der Waals surface area contributed by atoms with Gasteiger partial charge in [0.05, 0.1) is 18.3 Å². The predicted molar refractivity (Wildman–Crippen MR) is 67.2 cm³/mol. The number of rotatable bonds is 7. The standard InChI is InChI=1S/C11H18F3NO5S/c12-11(13,14)7-20-9-3-1-2-8(6-9)15-21(18,19)5-4-10(16)17/h8-9,15H,1-7H2,(H,16,17). The van der Waals surface area contributed by atoms with Gasteiger partial charge in [0.1, 0.15) is 6.61 Å². The third-order valence-corrected chi connectivity index (χ3v) is 4.47. The number of aliphatic carboxylic acids is 1. The summed E-state index contributed by atoms with van der Waals surface area (Å²) in [5.74, 6) is -1.78. The van der Waals surface area contributed by atoms with Crippen LogP contribution in [0.15, 0.2) is 0 Å². The van der Waals surface area contributed by atoms with Crippen molar-refractivity contribution in [3.8, 4) is 0 Å². The molecule has 1 fully saturated rings. The summed E-state index contributed by atoms with van der Waals surface area (Å²) in [7, 11) is -3.75. The molecular weight excluding hydrogens is 315 g/mol. The summed E-state index contributed by atoms with van der Waals surface area (Å²) in [5.41, 5.74) is 0. The molecule has 0 aromatic rings. The molecule has 2 atom stereocenters. The lowest BCUT2D eigenvalue weighted by Crippen LogP contribution is -2.42. The lowest BCUT2D eigenvalue weighted by molar-refractivity contribution is -0.188. The number of hydrogen-bond donors (Lipinski definition) is 2. The lowest BCUT2D eigenvalue weighted by Gasteiger charge is -2.29. The molecular formula is C11H18F3NO5S. The molecule has 10 heteroatoms. The second-order valence-corrected chi connectivity index (χ2v) is 6.87. The van der Waals surface area contributed by atoms with Crippen molar-refractivity contribution >= 4 is 16.0 Å². The van der Waals surface area contributed by atoms with Crippen LogP contribution in [0.4, 0.5) is 13.2 Å². The summed E-state index contributed by atoms with van der Waals surface area (Å²) in [6.45, 7) is -1.35. The van der Waals surface area contributed by atoms with Gasteiger partial charge in [0.25, 0.3) is 0 Å². The number of hydrogen-bond acceptors (Lipinski definition) is 4. The van der Waals surface area contributed by atoms with Gasteiger partial charge >= 0.3 is 12.1 Å². The van der Waals surface area contributed by atoms with E-state index in [1.54, 1.807) is 0 Å². The minimum absolute atomic E-state index is 0.155. The fourth-order valence-electron chi connectivity index (χ4n) is 2.15. The Kier molecular flexibility index (Phi) is 6.41. The highest BCUT2D eigenvalue weighted by Gasteiger charge is 2.32. The zero-order chi connectivity index (χ0) is 16.1. The van der Waals surface area contributed by atoms with E-state index < -0.39 is 53.1 Å². The molecule has 0 aliphatic heterocycles. The van der Waals surface area contributed by atoms with Gasteiger partial charge in [0, 0.05) is 6.04 Å². The fraction of sp³-hybridized carbons (Fsp3) is 0.909. The van der Waals surface area contributed by atoms with Crippen molar-refractivity contribution in [2.75, 3.05) is 12.4 Å². The largest absolute Gasteiger partial charge is 0.481 e. The Morgan fingerprint density at radius 2 is 2.00 bits per heavy atom. The summed E-state index contributed by atoms with van der Waals surface area (Å²) in [6.07, 6.45) is -3.92. The molecule has 6 nitrogen and oxygen atoms in total. The number of carboxylic acid groups (broad SMARTS) is 1. The van der Waals surface area contributed by atoms with E-state index in [1.807, 2.05) is 0 Å². The normalized spacial score (nSPS) is 24.0. The fourth-order valence-corrected chi connectivity index (χ4v) is 3.43. The number of sulfonamides is 1. The van der Waals surface area contributed by atoms with Gasteiger partial charge in [-0.05, 0) is 25.7 Å². The SMILES string of the molecule is O=C(O)CCS(=O)(=O)NC1CCCC(OCC(F)(F)F)C1. The molecule has 0 heterocycles. The Bertz CT molecular complexity index is 451. The first-order chi connectivity index (χ1) is 9.57. The first-order valence-corrected chi connectivity index (χ1v) is 8.13. The highest BCUT2D eigenvalue weighted by Crippen LogP contribution is 2.24. The van der Waals surface area contributed by atoms with E-state index >= 15 is 0 Å². The quantitative estimate of drug-likeness (QED) is 0.732. The summed E-state index contributed by atoms with van der Waals surface area (Å²) in [4.78, 5) is 10.4. The Morgan fingerprint density at radius 3 is 2.57 bits per heavy atom. The molecule has 21 heavy (non-hydrogen) atoms. The summed E-state index contributed by atoms with van der Waals surface area (Å²) >= 11 is 0. The van der Waals surface area contributed by atoms with Crippen LogP contribution in [0.2, 0.25) is 0 Å². The minimum atomic E-state index is -4.41. The third kappa shape index (κ3) is 8.22. The van der Waals surface area contributed by atoms with Crippen LogP contribution in [0, 0.1) is 0 Å². The predicted octanol–water partition coefficient (Wildman–Crippen LogP) is 1.27. The maximum Gasteiger partial charge on any atom is 0.411 e. The molecule has 0 amide bonds. The molecule has 0 spiro atoms. The molecule has 1 aliphatic rings. The molecule has 2 unspecified atom stereocenters. The number of alkyl halides is 3. The van der Waals surface area contributed by atoms with Crippen molar-refractivity contribution in [1.82, 2.24) is 4.72 Å². The van der Waals surface area contributed by atoms with Crippen molar-refractivity contribution in [2.24, 2.45) is 0 Å². The highest BCUT2D eigenvalue weighted by molar-refractivity contribution is 7.89. The Hall–Kier alpha value is -0.870. The van der Waals surface area contributed by atoms with E-state index in [-0.39, 0.29) is 6.42 Å². The first kappa shape index (κ1) is 18.2. The van der Waals surface area contributed by atoms with E-state index in [0.29, 0.717) is 19.3 Å². The van der Waals surface area contributed by atoms with Crippen LogP contribution in [-0.2, 0) is 19.6 Å². The van der Waals surface area contributed by atoms with E-state index in [4.69, 9.17) is 9.84 Å². The zero-order valence-electron chi connectivity index (χ0n) is 11.2. The summed E-state index contributed by atoms with van der Waals surface area (Å²) in [6, 6.07) is -0.518. The van der Waals surface area contributed by atoms with E-state index in [0.717, 1.165) is 0 Å². The number of halogens is 3. The number of carbonyl (C=O) groups is 1. The molecule has 0 radical (unpaired) electrons. The van der Waals surface area contributed by atoms with Gasteiger partial charge in [-0.15, -0.1) is 0 Å². The summed E-state index contributed by atoms with van der Waals surface area (Å²) < 4.78 is 66.5. The average molecular weight is 333 g/mol. The topological polar surface area (TPSA) is 92.7 Å². The van der Waals surface area contributed by atoms with Gasteiger partial charge in [0.2, 0.25) is 10.0 Å². The molecule has 124 valence electrons. The molecule has 1 rings (SSSR count). The van der Waals surface area contributed by atoms with Gasteiger partial charge in [-0.1, -0.05) is 0 Å². The van der Waals surface area contributed by atoms with Crippen molar-refractivity contribution < 1.29 is 36.2 Å². The minimum Gasteiger partial charge on any atom is -0.481 e. The summed E-state index contributed by atoms with van der Waals surface area (Å²) in [5, 5.41) is 8.45. The van der Waals surface area contributed by atoms with Crippen LogP contribution in [0.5, 0.6) is 0 Å². The highest BCUT2D eigenvalue weighted by atomic mass is 32.2. The molecule has 1 saturated carbocycles. The molecule has 0 bridgehead atoms. The van der Waals surface area contributed by atoms with Crippen molar-refractivity contribution in [3.63, 3.8) is 0 Å². The van der Waals surface area contributed by atoms with Gasteiger partial charge in [-0.3, -0.25) is 4.79 Å². The maximum absolute atomic E-state index is 12.1. The molecule has 0 aromatic heterocycles. The van der Waals surface area contributed by atoms with Crippen molar-refractivity contribution in [1.29, 1.82) is 0 Å². The van der Waals surface area contributed by atoms with Gasteiger partial charge in [-0.2, -0.15) is 13.2 Å². The van der Waals surface area contributed by atoms with Crippen LogP contribution in [-0.4, -0.2) is 50.2 Å². The molecule has 0 saturated heterocycles. The van der Waals surface area contributed by atoms with E-state index in [9.17, 15) is 26.4 Å². The second kappa shape index (κ2) is 7.41. The van der Waals surface area contributed by atoms with Crippen LogP contribution in [0.3, 0.4) is 0 Å². The zero-order valence-corrected chi connectivity index (χ0v) is 12.0. The Balaban J connectivity index is 2.43. The van der Waals surface area contributed by atoms with Crippen molar-refractivity contribution in [3.05, 3.63) is 0 Å². The average Bonchev–Trinajstić information content (AvgIpc) is 2.33.